The summed E-state index contributed by atoms with van der Waals surface area (Å²) >= 11 is 5.95. The first-order valence-electron chi connectivity index (χ1n) is 4.97. The number of nitrogens with two attached hydrogens (primary N) is 2. The van der Waals surface area contributed by atoms with E-state index in [1.807, 2.05) is 0 Å². The van der Waals surface area contributed by atoms with E-state index in [4.69, 9.17) is 27.8 Å². The second-order valence-electron chi connectivity index (χ2n) is 3.63. The molecule has 0 aromatic heterocycles. The van der Waals surface area contributed by atoms with Crippen molar-refractivity contribution >= 4 is 17.4 Å². The van der Waals surface area contributed by atoms with Gasteiger partial charge in [0.05, 0.1) is 12.7 Å². The summed E-state index contributed by atoms with van der Waals surface area (Å²) in [7, 11) is 1.56. The zero-order valence-corrected chi connectivity index (χ0v) is 10.0. The van der Waals surface area contributed by atoms with Crippen molar-refractivity contribution in [2.24, 2.45) is 16.5 Å². The van der Waals surface area contributed by atoms with Crippen LogP contribution in [0.2, 0.25) is 5.02 Å². The number of hydrogen-bond acceptors (Lipinski definition) is 5. The van der Waals surface area contributed by atoms with Gasteiger partial charge in [0.15, 0.2) is 0 Å². The van der Waals surface area contributed by atoms with Crippen molar-refractivity contribution < 1.29 is 4.74 Å². The highest BCUT2D eigenvalue weighted by Gasteiger charge is 2.30. The Bertz CT molecular complexity index is 500. The molecule has 1 aliphatic heterocycles. The highest BCUT2D eigenvalue weighted by atomic mass is 35.5. The topological polar surface area (TPSA) is 85.7 Å². The number of ether oxygens (including phenoxy) is 1. The minimum absolute atomic E-state index is 0.341. The monoisotopic (exact) mass is 252 g/mol. The molecule has 17 heavy (non-hydrogen) atoms. The van der Waals surface area contributed by atoms with E-state index in [0.717, 1.165) is 0 Å². The molecular weight excluding hydrogens is 240 g/mol. The molecule has 1 aromatic rings. The van der Waals surface area contributed by atoms with Crippen molar-refractivity contribution in [2.45, 2.75) is 5.79 Å². The van der Waals surface area contributed by atoms with Gasteiger partial charge in [-0.25, -0.2) is 4.99 Å². The van der Waals surface area contributed by atoms with Crippen LogP contribution in [0.3, 0.4) is 0 Å². The van der Waals surface area contributed by atoms with Crippen LogP contribution < -0.4 is 21.5 Å². The number of rotatable bonds is 2. The molecule has 5 N–H and O–H groups in total. The third-order valence-electron chi connectivity index (χ3n) is 2.44. The smallest absolute Gasteiger partial charge is 0.214 e. The molecule has 0 amide bonds. The summed E-state index contributed by atoms with van der Waals surface area (Å²) in [4.78, 5) is 4.17. The molecule has 0 spiro atoms. The zero-order chi connectivity index (χ0) is 12.5. The van der Waals surface area contributed by atoms with Crippen molar-refractivity contribution in [1.29, 1.82) is 0 Å². The van der Waals surface area contributed by atoms with Gasteiger partial charge < -0.3 is 15.8 Å². The van der Waals surface area contributed by atoms with E-state index in [2.05, 4.69) is 10.3 Å². The molecule has 2 rings (SSSR count). The Kier molecular flexibility index (Phi) is 2.95. The fourth-order valence-corrected chi connectivity index (χ4v) is 1.82. The molecular formula is C11H13ClN4O. The van der Waals surface area contributed by atoms with Crippen molar-refractivity contribution in [3.05, 3.63) is 41.1 Å². The van der Waals surface area contributed by atoms with Gasteiger partial charge in [-0.3, -0.25) is 5.73 Å². The third-order valence-corrected chi connectivity index (χ3v) is 2.67. The van der Waals surface area contributed by atoms with Crippen molar-refractivity contribution in [2.75, 3.05) is 7.11 Å². The van der Waals surface area contributed by atoms with Gasteiger partial charge in [0.1, 0.15) is 11.6 Å². The lowest BCUT2D eigenvalue weighted by Crippen LogP contribution is -2.49. The highest BCUT2D eigenvalue weighted by Crippen LogP contribution is 2.31. The van der Waals surface area contributed by atoms with E-state index in [1.54, 1.807) is 37.6 Å². The maximum Gasteiger partial charge on any atom is 0.214 e. The van der Waals surface area contributed by atoms with E-state index in [-0.39, 0.29) is 0 Å². The zero-order valence-electron chi connectivity index (χ0n) is 9.27. The summed E-state index contributed by atoms with van der Waals surface area (Å²) in [5, 5.41) is 3.49. The Morgan fingerprint density at radius 2 is 2.24 bits per heavy atom. The van der Waals surface area contributed by atoms with E-state index >= 15 is 0 Å². The molecule has 0 bridgehead atoms. The van der Waals surface area contributed by atoms with Gasteiger partial charge in [-0.05, 0) is 24.3 Å². The Morgan fingerprint density at radius 1 is 1.47 bits per heavy atom. The van der Waals surface area contributed by atoms with E-state index in [1.165, 1.54) is 0 Å². The molecule has 1 unspecified atom stereocenters. The van der Waals surface area contributed by atoms with Crippen LogP contribution in [0.1, 0.15) is 5.56 Å². The van der Waals surface area contributed by atoms with Crippen molar-refractivity contribution in [3.63, 3.8) is 0 Å². The van der Waals surface area contributed by atoms with Crippen molar-refractivity contribution in [1.82, 2.24) is 5.32 Å². The fourth-order valence-electron chi connectivity index (χ4n) is 1.64. The first-order chi connectivity index (χ1) is 8.05. The predicted octanol–water partition coefficient (Wildman–Crippen LogP) is 0.892. The number of aliphatic imine (C=N–C) groups is 1. The second-order valence-corrected chi connectivity index (χ2v) is 4.06. The normalized spacial score (nSPS) is 22.9. The van der Waals surface area contributed by atoms with Crippen LogP contribution in [-0.4, -0.2) is 12.9 Å². The quantitative estimate of drug-likeness (QED) is 0.730. The fraction of sp³-hybridized carbons (Fsp3) is 0.182. The van der Waals surface area contributed by atoms with Gasteiger partial charge >= 0.3 is 0 Å². The van der Waals surface area contributed by atoms with Crippen LogP contribution in [0.15, 0.2) is 35.5 Å². The maximum absolute atomic E-state index is 6.15. The van der Waals surface area contributed by atoms with Gasteiger partial charge in [-0.1, -0.05) is 11.6 Å². The Balaban J connectivity index is 2.52. The van der Waals surface area contributed by atoms with Gasteiger partial charge in [-0.15, -0.1) is 0 Å². The van der Waals surface area contributed by atoms with Crippen LogP contribution >= 0.6 is 11.6 Å². The number of halogens is 1. The molecule has 1 aromatic carbocycles. The van der Waals surface area contributed by atoms with Crippen LogP contribution in [0.4, 0.5) is 0 Å². The third kappa shape index (κ3) is 2.20. The number of nitrogens with one attached hydrogen (secondary N) is 1. The first kappa shape index (κ1) is 11.8. The lowest BCUT2D eigenvalue weighted by molar-refractivity contribution is 0.360. The maximum atomic E-state index is 6.15. The van der Waals surface area contributed by atoms with Crippen molar-refractivity contribution in [3.8, 4) is 5.75 Å². The summed E-state index contributed by atoms with van der Waals surface area (Å²) in [5.74, 6) is -0.223. The lowest BCUT2D eigenvalue weighted by Gasteiger charge is -2.30. The highest BCUT2D eigenvalue weighted by molar-refractivity contribution is 6.30. The van der Waals surface area contributed by atoms with Gasteiger partial charge in [0.2, 0.25) is 5.79 Å². The Morgan fingerprint density at radius 3 is 2.88 bits per heavy atom. The molecule has 90 valence electrons. The van der Waals surface area contributed by atoms with E-state index in [9.17, 15) is 0 Å². The second kappa shape index (κ2) is 4.27. The SMILES string of the molecule is COc1ccc(Cl)cc1C1(N)N=C(N)C=CN1. The molecule has 0 radical (unpaired) electrons. The van der Waals surface area contributed by atoms with Gasteiger partial charge in [0, 0.05) is 11.2 Å². The summed E-state index contributed by atoms with van der Waals surface area (Å²) < 4.78 is 5.24. The molecule has 1 atom stereocenters. The largest absolute Gasteiger partial charge is 0.496 e. The minimum Gasteiger partial charge on any atom is -0.496 e. The Labute approximate surface area is 104 Å². The van der Waals surface area contributed by atoms with Crippen LogP contribution in [0.5, 0.6) is 5.75 Å². The molecule has 1 aliphatic rings. The van der Waals surface area contributed by atoms with Crippen LogP contribution in [0, 0.1) is 0 Å². The number of methoxy groups -OCH3 is 1. The van der Waals surface area contributed by atoms with Gasteiger partial charge in [-0.2, -0.15) is 0 Å². The van der Waals surface area contributed by atoms with E-state index < -0.39 is 5.79 Å². The minimum atomic E-state index is -1.16. The molecule has 6 heteroatoms. The Hall–Kier alpha value is -1.72. The summed E-state index contributed by atoms with van der Waals surface area (Å²) in [6.07, 6.45) is 3.27. The number of benzene rings is 1. The average Bonchev–Trinajstić information content (AvgIpc) is 2.28. The van der Waals surface area contributed by atoms with E-state index in [0.29, 0.717) is 22.2 Å². The number of nitrogens with zero attached hydrogens (tertiary/aromatic N) is 1. The van der Waals surface area contributed by atoms with Crippen LogP contribution in [-0.2, 0) is 5.79 Å². The molecule has 0 fully saturated rings. The van der Waals surface area contributed by atoms with Crippen LogP contribution in [0.25, 0.3) is 0 Å². The predicted molar refractivity (Wildman–Crippen MR) is 67.8 cm³/mol. The average molecular weight is 253 g/mol. The summed E-state index contributed by atoms with van der Waals surface area (Å²) in [5.41, 5.74) is 12.4. The summed E-state index contributed by atoms with van der Waals surface area (Å²) in [6, 6.07) is 5.15. The lowest BCUT2D eigenvalue weighted by atomic mass is 10.1. The first-order valence-corrected chi connectivity index (χ1v) is 5.35. The summed E-state index contributed by atoms with van der Waals surface area (Å²) in [6.45, 7) is 0. The molecule has 5 nitrogen and oxygen atoms in total. The molecule has 0 aliphatic carbocycles. The molecule has 1 heterocycles. The standard InChI is InChI=1S/C11H13ClN4O/c1-17-9-3-2-7(12)6-8(9)11(14)15-5-4-10(13)16-11/h2-6,15H,14H2,1H3,(H2,13,16). The number of hydrogen-bond donors (Lipinski definition) is 3. The molecule has 0 saturated heterocycles. The van der Waals surface area contributed by atoms with Gasteiger partial charge in [0.25, 0.3) is 0 Å². The molecule has 0 saturated carbocycles. The number of amidine groups is 1.